The van der Waals surface area contributed by atoms with Gasteiger partial charge in [-0.2, -0.15) is 5.10 Å². The second kappa shape index (κ2) is 5.79. The third-order valence-electron chi connectivity index (χ3n) is 4.14. The van der Waals surface area contributed by atoms with Gasteiger partial charge in [-0.25, -0.2) is 0 Å². The summed E-state index contributed by atoms with van der Waals surface area (Å²) < 4.78 is 7.43. The van der Waals surface area contributed by atoms with E-state index in [1.165, 1.54) is 6.42 Å². The van der Waals surface area contributed by atoms with Gasteiger partial charge in [0, 0.05) is 25.4 Å². The van der Waals surface area contributed by atoms with Crippen LogP contribution in [0.3, 0.4) is 0 Å². The summed E-state index contributed by atoms with van der Waals surface area (Å²) in [4.78, 5) is 14.6. The maximum Gasteiger partial charge on any atom is 0.249 e. The van der Waals surface area contributed by atoms with Crippen molar-refractivity contribution in [3.63, 3.8) is 0 Å². The lowest BCUT2D eigenvalue weighted by Gasteiger charge is -2.25. The van der Waals surface area contributed by atoms with E-state index in [9.17, 15) is 4.79 Å². The van der Waals surface area contributed by atoms with Gasteiger partial charge in [-0.05, 0) is 31.7 Å². The van der Waals surface area contributed by atoms with Gasteiger partial charge in [-0.15, -0.1) is 0 Å². The second-order valence-corrected chi connectivity index (χ2v) is 5.52. The number of methoxy groups -OCH3 is 1. The Morgan fingerprint density at radius 1 is 1.40 bits per heavy atom. The summed E-state index contributed by atoms with van der Waals surface area (Å²) in [7, 11) is 1.70. The lowest BCUT2D eigenvalue weighted by Crippen LogP contribution is -2.37. The molecule has 0 saturated carbocycles. The van der Waals surface area contributed by atoms with E-state index in [-0.39, 0.29) is 12.0 Å². The highest BCUT2D eigenvalue weighted by Gasteiger charge is 2.27. The van der Waals surface area contributed by atoms with Crippen molar-refractivity contribution in [2.75, 3.05) is 13.7 Å². The van der Waals surface area contributed by atoms with Crippen molar-refractivity contribution in [1.29, 1.82) is 0 Å². The number of ether oxygens (including phenoxy) is 1. The van der Waals surface area contributed by atoms with E-state index in [1.807, 2.05) is 15.6 Å². The fraction of sp³-hybridized carbons (Fsp3) is 0.600. The fourth-order valence-electron chi connectivity index (χ4n) is 2.95. The molecule has 1 aromatic rings. The molecular weight excluding hydrogens is 254 g/mol. The summed E-state index contributed by atoms with van der Waals surface area (Å²) in [6.45, 7) is 1.97. The predicted octanol–water partition coefficient (Wildman–Crippen LogP) is 1.74. The number of rotatable bonds is 2. The third-order valence-corrected chi connectivity index (χ3v) is 4.14. The Balaban J connectivity index is 1.81. The Hall–Kier alpha value is -1.62. The molecule has 0 spiro atoms. The average Bonchev–Trinajstić information content (AvgIpc) is 2.85. The molecule has 0 unspecified atom stereocenters. The van der Waals surface area contributed by atoms with E-state index in [1.54, 1.807) is 13.3 Å². The zero-order valence-corrected chi connectivity index (χ0v) is 11.9. The van der Waals surface area contributed by atoms with E-state index in [2.05, 4.69) is 11.2 Å². The van der Waals surface area contributed by atoms with Crippen molar-refractivity contribution in [2.45, 2.75) is 44.9 Å². The monoisotopic (exact) mass is 275 g/mol. The molecular formula is C15H21N3O2. The van der Waals surface area contributed by atoms with Gasteiger partial charge in [0.15, 0.2) is 0 Å². The molecule has 5 nitrogen and oxygen atoms in total. The van der Waals surface area contributed by atoms with Crippen molar-refractivity contribution >= 4 is 5.91 Å². The first-order valence-corrected chi connectivity index (χ1v) is 7.29. The number of amides is 1. The van der Waals surface area contributed by atoms with Crippen LogP contribution in [-0.2, 0) is 22.6 Å². The zero-order chi connectivity index (χ0) is 13.9. The molecule has 0 fully saturated rings. The Morgan fingerprint density at radius 3 is 3.05 bits per heavy atom. The first-order valence-electron chi connectivity index (χ1n) is 7.29. The maximum atomic E-state index is 12.7. The van der Waals surface area contributed by atoms with Gasteiger partial charge in [-0.3, -0.25) is 9.48 Å². The summed E-state index contributed by atoms with van der Waals surface area (Å²) in [6.07, 6.45) is 8.16. The molecule has 1 amide bonds. The largest absolute Gasteiger partial charge is 0.378 e. The van der Waals surface area contributed by atoms with E-state index < -0.39 is 0 Å². The second-order valence-electron chi connectivity index (χ2n) is 5.52. The Bertz CT molecular complexity index is 521. The maximum absolute atomic E-state index is 12.7. The van der Waals surface area contributed by atoms with Crippen LogP contribution in [0, 0.1) is 0 Å². The van der Waals surface area contributed by atoms with Crippen LogP contribution in [0.25, 0.3) is 0 Å². The zero-order valence-electron chi connectivity index (χ0n) is 11.9. The summed E-state index contributed by atoms with van der Waals surface area (Å²) in [5, 5.41) is 4.31. The molecule has 108 valence electrons. The van der Waals surface area contributed by atoms with Crippen LogP contribution in [0.2, 0.25) is 0 Å². The van der Waals surface area contributed by atoms with Gasteiger partial charge in [0.05, 0.1) is 24.9 Å². The smallest absolute Gasteiger partial charge is 0.249 e. The van der Waals surface area contributed by atoms with Crippen LogP contribution < -0.4 is 0 Å². The number of nitrogens with zero attached hydrogens (tertiary/aromatic N) is 3. The molecule has 3 rings (SSSR count). The molecule has 0 saturated heterocycles. The van der Waals surface area contributed by atoms with Crippen LogP contribution >= 0.6 is 0 Å². The molecule has 1 aromatic heterocycles. The molecule has 2 aliphatic rings. The highest BCUT2D eigenvalue weighted by atomic mass is 16.5. The molecule has 1 atom stereocenters. The molecule has 0 N–H and O–H groups in total. The van der Waals surface area contributed by atoms with Crippen molar-refractivity contribution in [3.05, 3.63) is 29.6 Å². The summed E-state index contributed by atoms with van der Waals surface area (Å²) >= 11 is 0. The number of carbonyl (C=O) groups excluding carboxylic acids is 1. The first-order chi connectivity index (χ1) is 9.78. The van der Waals surface area contributed by atoms with Crippen LogP contribution in [-0.4, -0.2) is 40.3 Å². The number of allylic oxidation sites excluding steroid dienone is 1. The van der Waals surface area contributed by atoms with Gasteiger partial charge < -0.3 is 9.64 Å². The number of hydrogen-bond donors (Lipinski definition) is 0. The SMILES string of the molecule is CO[C@@H]1CN(C(=O)C2=CCCCC2)Cc2ccnn2C1. The highest BCUT2D eigenvalue weighted by molar-refractivity contribution is 5.93. The van der Waals surface area contributed by atoms with E-state index in [0.29, 0.717) is 19.6 Å². The molecule has 1 aliphatic heterocycles. The van der Waals surface area contributed by atoms with E-state index in [4.69, 9.17) is 4.74 Å². The first kappa shape index (κ1) is 13.4. The molecule has 20 heavy (non-hydrogen) atoms. The van der Waals surface area contributed by atoms with Crippen LogP contribution in [0.1, 0.15) is 31.4 Å². The molecule has 0 radical (unpaired) electrons. The van der Waals surface area contributed by atoms with Crippen molar-refractivity contribution in [3.8, 4) is 0 Å². The van der Waals surface area contributed by atoms with E-state index >= 15 is 0 Å². The Kier molecular flexibility index (Phi) is 3.87. The average molecular weight is 275 g/mol. The fourth-order valence-corrected chi connectivity index (χ4v) is 2.95. The highest BCUT2D eigenvalue weighted by Crippen LogP contribution is 2.22. The van der Waals surface area contributed by atoms with Gasteiger partial charge in [0.1, 0.15) is 0 Å². The predicted molar refractivity (Wildman–Crippen MR) is 75.0 cm³/mol. The molecule has 0 bridgehead atoms. The summed E-state index contributed by atoms with van der Waals surface area (Å²) in [5.41, 5.74) is 2.05. The minimum absolute atomic E-state index is 0.00397. The standard InChI is InChI=1S/C15H21N3O2/c1-20-14-10-17(9-13-7-8-16-18(13)11-14)15(19)12-5-3-2-4-6-12/h5,7-8,14H,2-4,6,9-11H2,1H3/t14-/m1/s1. The quantitative estimate of drug-likeness (QED) is 0.826. The molecule has 1 aliphatic carbocycles. The molecule has 5 heteroatoms. The molecule has 2 heterocycles. The van der Waals surface area contributed by atoms with Crippen LogP contribution in [0.4, 0.5) is 0 Å². The topological polar surface area (TPSA) is 47.4 Å². The number of carbonyl (C=O) groups is 1. The van der Waals surface area contributed by atoms with Crippen molar-refractivity contribution < 1.29 is 9.53 Å². The minimum atomic E-state index is 0.00397. The van der Waals surface area contributed by atoms with Crippen LogP contribution in [0.5, 0.6) is 0 Å². The van der Waals surface area contributed by atoms with Gasteiger partial charge >= 0.3 is 0 Å². The number of aromatic nitrogens is 2. The Morgan fingerprint density at radius 2 is 2.30 bits per heavy atom. The van der Waals surface area contributed by atoms with Gasteiger partial charge in [0.2, 0.25) is 5.91 Å². The van der Waals surface area contributed by atoms with Crippen molar-refractivity contribution in [1.82, 2.24) is 14.7 Å². The van der Waals surface area contributed by atoms with Gasteiger partial charge in [0.25, 0.3) is 0 Å². The summed E-state index contributed by atoms with van der Waals surface area (Å²) in [6, 6.07) is 1.98. The molecule has 0 aromatic carbocycles. The van der Waals surface area contributed by atoms with Crippen molar-refractivity contribution in [2.24, 2.45) is 0 Å². The van der Waals surface area contributed by atoms with Crippen LogP contribution in [0.15, 0.2) is 23.9 Å². The lowest BCUT2D eigenvalue weighted by atomic mass is 9.98. The Labute approximate surface area is 119 Å². The van der Waals surface area contributed by atoms with Gasteiger partial charge in [-0.1, -0.05) is 6.08 Å². The number of fused-ring (bicyclic) bond motifs is 1. The summed E-state index contributed by atoms with van der Waals surface area (Å²) in [5.74, 6) is 0.168. The number of hydrogen-bond acceptors (Lipinski definition) is 3. The van der Waals surface area contributed by atoms with E-state index in [0.717, 1.165) is 30.5 Å². The third kappa shape index (κ3) is 2.63. The lowest BCUT2D eigenvalue weighted by molar-refractivity contribution is -0.129. The normalized spacial score (nSPS) is 22.9. The minimum Gasteiger partial charge on any atom is -0.378 e.